The lowest BCUT2D eigenvalue weighted by Gasteiger charge is -2.02. The Hall–Kier alpha value is -0.960. The van der Waals surface area contributed by atoms with Crippen LogP contribution in [-0.4, -0.2) is 10.8 Å². The number of rotatable bonds is 3. The second-order valence-electron chi connectivity index (χ2n) is 4.31. The molecule has 86 valence electrons. The molecule has 0 radical (unpaired) electrons. The first-order valence-electron chi connectivity index (χ1n) is 5.89. The minimum Gasteiger partial charge on any atom is -0.294 e. The molecule has 0 saturated heterocycles. The van der Waals surface area contributed by atoms with E-state index in [4.69, 9.17) is 0 Å². The molecule has 1 heterocycles. The number of nitrogens with zero attached hydrogens (tertiary/aromatic N) is 1. The highest BCUT2D eigenvalue weighted by Gasteiger charge is 2.13. The maximum absolute atomic E-state index is 12.0. The molecule has 3 heteroatoms. The molecule has 0 spiro atoms. The first kappa shape index (κ1) is 11.5. The van der Waals surface area contributed by atoms with Gasteiger partial charge in [-0.05, 0) is 38.2 Å². The molecule has 0 fully saturated rings. The highest BCUT2D eigenvalue weighted by Crippen LogP contribution is 2.20. The molecule has 0 saturated carbocycles. The van der Waals surface area contributed by atoms with Crippen molar-refractivity contribution >= 4 is 17.1 Å². The zero-order valence-electron chi connectivity index (χ0n) is 9.66. The van der Waals surface area contributed by atoms with Crippen LogP contribution in [-0.2, 0) is 11.2 Å². The third kappa shape index (κ3) is 3.01. The lowest BCUT2D eigenvalue weighted by molar-refractivity contribution is -0.115. The topological polar surface area (TPSA) is 30.0 Å². The monoisotopic (exact) mass is 235 g/mol. The van der Waals surface area contributed by atoms with Crippen LogP contribution in [0.5, 0.6) is 0 Å². The molecule has 1 aliphatic rings. The zero-order valence-corrected chi connectivity index (χ0v) is 10.5. The average Bonchev–Trinajstić information content (AvgIpc) is 2.56. The fourth-order valence-electron chi connectivity index (χ4n) is 2.00. The van der Waals surface area contributed by atoms with Crippen LogP contribution in [0.25, 0.3) is 0 Å². The van der Waals surface area contributed by atoms with Gasteiger partial charge in [0.15, 0.2) is 5.78 Å². The highest BCUT2D eigenvalue weighted by molar-refractivity contribution is 7.09. The van der Waals surface area contributed by atoms with Gasteiger partial charge < -0.3 is 0 Å². The van der Waals surface area contributed by atoms with Crippen molar-refractivity contribution in [1.82, 2.24) is 4.98 Å². The summed E-state index contributed by atoms with van der Waals surface area (Å²) in [5.74, 6) is 0.274. The molecule has 0 N–H and O–H groups in total. The number of carbonyl (C=O) groups is 1. The first-order chi connectivity index (χ1) is 7.75. The number of hydrogen-bond acceptors (Lipinski definition) is 3. The molecule has 16 heavy (non-hydrogen) atoms. The fraction of sp³-hybridized carbons (Fsp3) is 0.538. The maximum Gasteiger partial charge on any atom is 0.165 e. The number of thiazole rings is 1. The van der Waals surface area contributed by atoms with Gasteiger partial charge >= 0.3 is 0 Å². The van der Waals surface area contributed by atoms with Crippen molar-refractivity contribution in [3.05, 3.63) is 27.7 Å². The Labute approximate surface area is 100 Å². The largest absolute Gasteiger partial charge is 0.294 e. The summed E-state index contributed by atoms with van der Waals surface area (Å²) in [5, 5.41) is 2.96. The Morgan fingerprint density at radius 1 is 1.44 bits per heavy atom. The van der Waals surface area contributed by atoms with Gasteiger partial charge in [-0.15, -0.1) is 11.3 Å². The van der Waals surface area contributed by atoms with Crippen molar-refractivity contribution in [2.45, 2.75) is 45.4 Å². The Kier molecular flexibility index (Phi) is 3.88. The molecule has 0 bridgehead atoms. The number of ketones is 1. The molecule has 0 atom stereocenters. The lowest BCUT2D eigenvalue weighted by atomic mass is 10.0. The smallest absolute Gasteiger partial charge is 0.165 e. The van der Waals surface area contributed by atoms with E-state index in [0.717, 1.165) is 35.5 Å². The summed E-state index contributed by atoms with van der Waals surface area (Å²) in [6.45, 7) is 1.97. The van der Waals surface area contributed by atoms with Crippen molar-refractivity contribution in [2.75, 3.05) is 0 Å². The SMILES string of the molecule is Cc1csc(CC(=O)C2=CCCCCC2)n1. The number of Topliss-reactive ketones (excluding diaryl/α,β-unsaturated/α-hetero) is 1. The molecule has 0 unspecified atom stereocenters. The van der Waals surface area contributed by atoms with Crippen molar-refractivity contribution in [2.24, 2.45) is 0 Å². The second kappa shape index (κ2) is 5.39. The van der Waals surface area contributed by atoms with E-state index in [9.17, 15) is 4.79 Å². The van der Waals surface area contributed by atoms with Gasteiger partial charge in [-0.1, -0.05) is 12.5 Å². The van der Waals surface area contributed by atoms with Crippen molar-refractivity contribution in [3.8, 4) is 0 Å². The predicted octanol–water partition coefficient (Wildman–Crippen LogP) is 3.45. The van der Waals surface area contributed by atoms with Gasteiger partial charge in [-0.3, -0.25) is 4.79 Å². The van der Waals surface area contributed by atoms with E-state index in [0.29, 0.717) is 6.42 Å². The zero-order chi connectivity index (χ0) is 11.4. The van der Waals surface area contributed by atoms with Crippen molar-refractivity contribution in [1.29, 1.82) is 0 Å². The first-order valence-corrected chi connectivity index (χ1v) is 6.77. The van der Waals surface area contributed by atoms with Crippen LogP contribution in [0.1, 0.15) is 42.8 Å². The third-order valence-electron chi connectivity index (χ3n) is 2.88. The summed E-state index contributed by atoms with van der Waals surface area (Å²) in [7, 11) is 0. The quantitative estimate of drug-likeness (QED) is 0.803. The number of carbonyl (C=O) groups excluding carboxylic acids is 1. The number of aromatic nitrogens is 1. The molecule has 0 aliphatic heterocycles. The Balaban J connectivity index is 1.99. The standard InChI is InChI=1S/C13H17NOS/c1-10-9-16-13(14-10)8-12(15)11-6-4-2-3-5-7-11/h6,9H,2-5,7-8H2,1H3. The van der Waals surface area contributed by atoms with Crippen molar-refractivity contribution < 1.29 is 4.79 Å². The van der Waals surface area contributed by atoms with Crippen LogP contribution in [0.4, 0.5) is 0 Å². The second-order valence-corrected chi connectivity index (χ2v) is 5.25. The predicted molar refractivity (Wildman–Crippen MR) is 66.7 cm³/mol. The van der Waals surface area contributed by atoms with Gasteiger partial charge in [0.2, 0.25) is 0 Å². The molecule has 1 aromatic rings. The lowest BCUT2D eigenvalue weighted by Crippen LogP contribution is -2.06. The van der Waals surface area contributed by atoms with E-state index in [1.165, 1.54) is 12.8 Å². The maximum atomic E-state index is 12.0. The van der Waals surface area contributed by atoms with E-state index in [2.05, 4.69) is 11.1 Å². The van der Waals surface area contributed by atoms with Gasteiger partial charge in [-0.25, -0.2) is 4.98 Å². The molecule has 0 amide bonds. The summed E-state index contributed by atoms with van der Waals surface area (Å²) in [4.78, 5) is 16.4. The van der Waals surface area contributed by atoms with Gasteiger partial charge in [0.05, 0.1) is 6.42 Å². The van der Waals surface area contributed by atoms with Gasteiger partial charge in [0.25, 0.3) is 0 Å². The summed E-state index contributed by atoms with van der Waals surface area (Å²) in [6, 6.07) is 0. The molecule has 1 aliphatic carbocycles. The van der Waals surface area contributed by atoms with E-state index in [1.807, 2.05) is 12.3 Å². The van der Waals surface area contributed by atoms with Gasteiger partial charge in [-0.2, -0.15) is 0 Å². The Bertz CT molecular complexity index is 406. The van der Waals surface area contributed by atoms with Crippen LogP contribution < -0.4 is 0 Å². The summed E-state index contributed by atoms with van der Waals surface area (Å²) in [6.07, 6.45) is 8.30. The normalized spacial score (nSPS) is 16.7. The Morgan fingerprint density at radius 3 is 3.06 bits per heavy atom. The minimum absolute atomic E-state index is 0.274. The van der Waals surface area contributed by atoms with Crippen LogP contribution in [0.15, 0.2) is 17.0 Å². The number of aryl methyl sites for hydroxylation is 1. The van der Waals surface area contributed by atoms with E-state index < -0.39 is 0 Å². The van der Waals surface area contributed by atoms with E-state index >= 15 is 0 Å². The molecule has 0 aromatic carbocycles. The fourth-order valence-corrected chi connectivity index (χ4v) is 2.77. The molecule has 1 aromatic heterocycles. The Morgan fingerprint density at radius 2 is 2.31 bits per heavy atom. The third-order valence-corrected chi connectivity index (χ3v) is 3.84. The highest BCUT2D eigenvalue weighted by atomic mass is 32.1. The molecule has 2 nitrogen and oxygen atoms in total. The van der Waals surface area contributed by atoms with Crippen LogP contribution in [0.3, 0.4) is 0 Å². The number of allylic oxidation sites excluding steroid dienone is 2. The number of hydrogen-bond donors (Lipinski definition) is 0. The molecule has 2 rings (SSSR count). The van der Waals surface area contributed by atoms with E-state index in [1.54, 1.807) is 11.3 Å². The van der Waals surface area contributed by atoms with Crippen LogP contribution in [0.2, 0.25) is 0 Å². The van der Waals surface area contributed by atoms with Crippen LogP contribution >= 0.6 is 11.3 Å². The van der Waals surface area contributed by atoms with E-state index in [-0.39, 0.29) is 5.78 Å². The van der Waals surface area contributed by atoms with Crippen molar-refractivity contribution in [3.63, 3.8) is 0 Å². The van der Waals surface area contributed by atoms with Gasteiger partial charge in [0.1, 0.15) is 5.01 Å². The summed E-state index contributed by atoms with van der Waals surface area (Å²) in [5.41, 5.74) is 2.05. The molecular weight excluding hydrogens is 218 g/mol. The molecular formula is C13H17NOS. The average molecular weight is 235 g/mol. The minimum atomic E-state index is 0.274. The van der Waals surface area contributed by atoms with Gasteiger partial charge in [0, 0.05) is 11.1 Å². The summed E-state index contributed by atoms with van der Waals surface area (Å²) >= 11 is 1.59. The summed E-state index contributed by atoms with van der Waals surface area (Å²) < 4.78 is 0. The van der Waals surface area contributed by atoms with Crippen LogP contribution in [0, 0.1) is 6.92 Å².